The Labute approximate surface area is 47.7 Å². The van der Waals surface area contributed by atoms with Gasteiger partial charge in [-0.05, 0) is 0 Å². The van der Waals surface area contributed by atoms with Crippen LogP contribution in [0.25, 0.3) is 0 Å². The van der Waals surface area contributed by atoms with E-state index in [1.165, 1.54) is 0 Å². The van der Waals surface area contributed by atoms with E-state index in [1.54, 1.807) is 0 Å². The van der Waals surface area contributed by atoms with Gasteiger partial charge in [-0.25, -0.2) is 12.1 Å². The summed E-state index contributed by atoms with van der Waals surface area (Å²) < 4.78 is 0. The van der Waals surface area contributed by atoms with Gasteiger partial charge in [-0.3, -0.25) is 0 Å². The summed E-state index contributed by atoms with van der Waals surface area (Å²) in [5, 5.41) is 0. The summed E-state index contributed by atoms with van der Waals surface area (Å²) in [6, 6.07) is 10.0. The average molecular weight is 124 g/mol. The molecule has 1 aromatic rings. The van der Waals surface area contributed by atoms with Gasteiger partial charge in [0.2, 0.25) is 0 Å². The van der Waals surface area contributed by atoms with E-state index >= 15 is 0 Å². The van der Waals surface area contributed by atoms with Crippen LogP contribution in [0.4, 0.5) is 0 Å². The van der Waals surface area contributed by atoms with Crippen molar-refractivity contribution in [3.8, 4) is 0 Å². The number of hydrogen-bond acceptors (Lipinski definition) is 0. The molecule has 1 aromatic carbocycles. The van der Waals surface area contributed by atoms with Gasteiger partial charge in [0.15, 0.2) is 0 Å². The van der Waals surface area contributed by atoms with Gasteiger partial charge in [0.1, 0.15) is 0 Å². The van der Waals surface area contributed by atoms with Crippen LogP contribution >= 0.6 is 0 Å². The first-order valence-corrected chi connectivity index (χ1v) is 1.67. The largest absolute Gasteiger partial charge is 2.00 e. The second kappa shape index (κ2) is 3.06. The molecule has 0 atom stereocenters. The van der Waals surface area contributed by atoms with Crippen LogP contribution < -0.4 is 0 Å². The molecule has 0 aromatic heterocycles. The molecule has 0 saturated carbocycles. The van der Waals surface area contributed by atoms with E-state index in [1.807, 2.05) is 30.3 Å². The molecule has 0 unspecified atom stereocenters. The second-order valence-corrected chi connectivity index (χ2v) is 0.962. The van der Waals surface area contributed by atoms with E-state index in [0.717, 1.165) is 0 Å². The van der Waals surface area contributed by atoms with Gasteiger partial charge in [-0.2, -0.15) is 18.2 Å². The van der Waals surface area contributed by atoms with Crippen LogP contribution in [0.15, 0.2) is 30.3 Å². The fourth-order valence-electron chi connectivity index (χ4n) is 0.321. The van der Waals surface area contributed by atoms with Crippen molar-refractivity contribution in [2.75, 3.05) is 0 Å². The van der Waals surface area contributed by atoms with Gasteiger partial charge >= 0.3 is 16.8 Å². The SMILES string of the molecule is [Co+2].c1cc[cH-]c1. The van der Waals surface area contributed by atoms with E-state index in [4.69, 9.17) is 0 Å². The quantitative estimate of drug-likeness (QED) is 0.458. The minimum absolute atomic E-state index is 0. The van der Waals surface area contributed by atoms with Crippen LogP contribution in [-0.2, 0) is 16.8 Å². The summed E-state index contributed by atoms with van der Waals surface area (Å²) in [5.74, 6) is 0. The van der Waals surface area contributed by atoms with Gasteiger partial charge in [0, 0.05) is 0 Å². The smallest absolute Gasteiger partial charge is 0.214 e. The predicted octanol–water partition coefficient (Wildman–Crippen LogP) is 1.40. The monoisotopic (exact) mass is 124 g/mol. The van der Waals surface area contributed by atoms with E-state index in [9.17, 15) is 0 Å². The van der Waals surface area contributed by atoms with Crippen LogP contribution in [0.2, 0.25) is 0 Å². The van der Waals surface area contributed by atoms with Crippen LogP contribution in [0.3, 0.4) is 0 Å². The fraction of sp³-hybridized carbons (Fsp3) is 0. The summed E-state index contributed by atoms with van der Waals surface area (Å²) in [6.45, 7) is 0. The van der Waals surface area contributed by atoms with Gasteiger partial charge in [0.05, 0.1) is 0 Å². The van der Waals surface area contributed by atoms with Crippen molar-refractivity contribution < 1.29 is 16.8 Å². The van der Waals surface area contributed by atoms with E-state index in [-0.39, 0.29) is 16.8 Å². The van der Waals surface area contributed by atoms with Crippen molar-refractivity contribution in [2.24, 2.45) is 0 Å². The maximum Gasteiger partial charge on any atom is 2.00 e. The molecule has 0 N–H and O–H groups in total. The summed E-state index contributed by atoms with van der Waals surface area (Å²) in [7, 11) is 0. The third-order valence-corrected chi connectivity index (χ3v) is 0.556. The Morgan fingerprint density at radius 2 is 1.50 bits per heavy atom. The van der Waals surface area contributed by atoms with Crippen LogP contribution in [0, 0.1) is 0 Å². The Bertz CT molecular complexity index is 60.4. The van der Waals surface area contributed by atoms with Gasteiger partial charge in [0.25, 0.3) is 0 Å². The normalized spacial score (nSPS) is 6.67. The molecule has 6 heavy (non-hydrogen) atoms. The van der Waals surface area contributed by atoms with Crippen LogP contribution in [0.1, 0.15) is 0 Å². The standard InChI is InChI=1S/C5H5.Co/c1-2-4-5-3-1;/h1-5H;/q-1;+2. The zero-order chi connectivity index (χ0) is 3.54. The average Bonchev–Trinajstić information content (AvgIpc) is 1.76. The fourth-order valence-corrected chi connectivity index (χ4v) is 0.321. The molecule has 0 aliphatic heterocycles. The molecule has 0 fully saturated rings. The molecule has 0 amide bonds. The molecule has 33 valence electrons. The first kappa shape index (κ1) is 5.86. The summed E-state index contributed by atoms with van der Waals surface area (Å²) >= 11 is 0. The molecule has 0 heterocycles. The third-order valence-electron chi connectivity index (χ3n) is 0.556. The number of hydrogen-bond donors (Lipinski definition) is 0. The van der Waals surface area contributed by atoms with Gasteiger partial charge < -0.3 is 0 Å². The summed E-state index contributed by atoms with van der Waals surface area (Å²) in [4.78, 5) is 0. The molecule has 1 rings (SSSR count). The van der Waals surface area contributed by atoms with Crippen LogP contribution in [-0.4, -0.2) is 0 Å². The van der Waals surface area contributed by atoms with E-state index < -0.39 is 0 Å². The van der Waals surface area contributed by atoms with Crippen molar-refractivity contribution in [3.05, 3.63) is 30.3 Å². The topological polar surface area (TPSA) is 0 Å². The maximum absolute atomic E-state index is 2.00. The Balaban J connectivity index is 0.000000250. The third kappa shape index (κ3) is 1.33. The maximum atomic E-state index is 2.00. The number of rotatable bonds is 0. The summed E-state index contributed by atoms with van der Waals surface area (Å²) in [5.41, 5.74) is 0. The molecule has 0 saturated heterocycles. The molecule has 1 radical (unpaired) electrons. The minimum atomic E-state index is 0. The minimum Gasteiger partial charge on any atom is -0.214 e. The van der Waals surface area contributed by atoms with Crippen molar-refractivity contribution in [1.82, 2.24) is 0 Å². The van der Waals surface area contributed by atoms with Crippen LogP contribution in [0.5, 0.6) is 0 Å². The Morgan fingerprint density at radius 3 is 1.67 bits per heavy atom. The van der Waals surface area contributed by atoms with Gasteiger partial charge in [-0.15, -0.1) is 0 Å². The first-order valence-electron chi connectivity index (χ1n) is 1.67. The van der Waals surface area contributed by atoms with Crippen molar-refractivity contribution >= 4 is 0 Å². The van der Waals surface area contributed by atoms with Crippen molar-refractivity contribution in [1.29, 1.82) is 0 Å². The molecule has 0 bridgehead atoms. The Kier molecular flexibility index (Phi) is 2.99. The van der Waals surface area contributed by atoms with E-state index in [0.29, 0.717) is 0 Å². The zero-order valence-corrected chi connectivity index (χ0v) is 4.26. The molecule has 0 nitrogen and oxygen atoms in total. The first-order chi connectivity index (χ1) is 2.50. The Morgan fingerprint density at radius 1 is 1.00 bits per heavy atom. The van der Waals surface area contributed by atoms with E-state index in [2.05, 4.69) is 0 Å². The summed E-state index contributed by atoms with van der Waals surface area (Å²) in [6.07, 6.45) is 0. The second-order valence-electron chi connectivity index (χ2n) is 0.962. The molecular formula is C5H5Co+. The molecule has 0 aliphatic carbocycles. The molecule has 0 aliphatic rings. The van der Waals surface area contributed by atoms with Crippen molar-refractivity contribution in [2.45, 2.75) is 0 Å². The van der Waals surface area contributed by atoms with Crippen molar-refractivity contribution in [3.63, 3.8) is 0 Å². The molecule has 0 spiro atoms. The zero-order valence-electron chi connectivity index (χ0n) is 3.22. The van der Waals surface area contributed by atoms with Gasteiger partial charge in [-0.1, -0.05) is 0 Å². The Hall–Kier alpha value is -0.144. The molecule has 1 heteroatoms. The predicted molar refractivity (Wildman–Crippen MR) is 22.0 cm³/mol. The molecular weight excluding hydrogens is 119 g/mol.